The topological polar surface area (TPSA) is 26.0 Å². The van der Waals surface area contributed by atoms with Crippen LogP contribution in [-0.4, -0.2) is 0 Å². The Morgan fingerprint density at radius 3 is 2.44 bits per heavy atom. The summed E-state index contributed by atoms with van der Waals surface area (Å²) in [6.45, 7) is 1.87. The molecular formula is C15H15BrFN. The second-order valence-electron chi connectivity index (χ2n) is 4.46. The molecule has 0 heterocycles. The van der Waals surface area contributed by atoms with Crippen molar-refractivity contribution in [2.75, 3.05) is 0 Å². The Bertz CT molecular complexity index is 537. The van der Waals surface area contributed by atoms with Gasteiger partial charge in [-0.2, -0.15) is 0 Å². The third-order valence-electron chi connectivity index (χ3n) is 2.92. The van der Waals surface area contributed by atoms with E-state index >= 15 is 0 Å². The summed E-state index contributed by atoms with van der Waals surface area (Å²) in [6, 6.07) is 12.8. The lowest BCUT2D eigenvalue weighted by atomic mass is 9.98. The van der Waals surface area contributed by atoms with Crippen LogP contribution in [-0.2, 0) is 6.42 Å². The quantitative estimate of drug-likeness (QED) is 0.906. The van der Waals surface area contributed by atoms with E-state index < -0.39 is 0 Å². The Hall–Kier alpha value is -1.19. The molecule has 1 nitrogen and oxygen atoms in total. The van der Waals surface area contributed by atoms with Gasteiger partial charge in [0.15, 0.2) is 0 Å². The van der Waals surface area contributed by atoms with Gasteiger partial charge in [0.1, 0.15) is 5.82 Å². The SMILES string of the molecule is Cc1ccc(C(N)Cc2ccc(Br)cc2)c(F)c1. The Morgan fingerprint density at radius 2 is 1.83 bits per heavy atom. The molecule has 0 aliphatic heterocycles. The first-order valence-electron chi connectivity index (χ1n) is 5.82. The molecule has 0 bridgehead atoms. The standard InChI is InChI=1S/C15H15BrFN/c1-10-2-7-13(14(17)8-10)15(18)9-11-3-5-12(16)6-4-11/h2-8,15H,9,18H2,1H3. The molecule has 1 atom stereocenters. The minimum atomic E-state index is -0.313. The summed E-state index contributed by atoms with van der Waals surface area (Å²) in [5, 5.41) is 0. The lowest BCUT2D eigenvalue weighted by Crippen LogP contribution is -2.15. The molecule has 0 amide bonds. The molecule has 0 aromatic heterocycles. The minimum absolute atomic E-state index is 0.223. The highest BCUT2D eigenvalue weighted by Gasteiger charge is 2.12. The van der Waals surface area contributed by atoms with E-state index in [0.717, 1.165) is 15.6 Å². The van der Waals surface area contributed by atoms with Crippen molar-refractivity contribution in [2.45, 2.75) is 19.4 Å². The second-order valence-corrected chi connectivity index (χ2v) is 5.38. The summed E-state index contributed by atoms with van der Waals surface area (Å²) in [6.07, 6.45) is 0.632. The van der Waals surface area contributed by atoms with E-state index in [1.54, 1.807) is 6.07 Å². The lowest BCUT2D eigenvalue weighted by molar-refractivity contribution is 0.579. The van der Waals surface area contributed by atoms with Crippen molar-refractivity contribution in [3.63, 3.8) is 0 Å². The Balaban J connectivity index is 2.16. The van der Waals surface area contributed by atoms with Gasteiger partial charge in [-0.05, 0) is 42.7 Å². The van der Waals surface area contributed by atoms with Crippen molar-refractivity contribution in [3.05, 3.63) is 69.4 Å². The van der Waals surface area contributed by atoms with E-state index in [-0.39, 0.29) is 11.9 Å². The second kappa shape index (κ2) is 5.63. The van der Waals surface area contributed by atoms with E-state index in [1.807, 2.05) is 37.3 Å². The maximum atomic E-state index is 13.8. The predicted octanol–water partition coefficient (Wildman–Crippen LogP) is 4.14. The summed E-state index contributed by atoms with van der Waals surface area (Å²) in [4.78, 5) is 0. The first-order valence-corrected chi connectivity index (χ1v) is 6.61. The number of hydrogen-bond acceptors (Lipinski definition) is 1. The fourth-order valence-electron chi connectivity index (χ4n) is 1.92. The van der Waals surface area contributed by atoms with Crippen LogP contribution in [0.25, 0.3) is 0 Å². The Morgan fingerprint density at radius 1 is 1.17 bits per heavy atom. The van der Waals surface area contributed by atoms with Crippen molar-refractivity contribution in [3.8, 4) is 0 Å². The van der Waals surface area contributed by atoms with Gasteiger partial charge in [-0.3, -0.25) is 0 Å². The van der Waals surface area contributed by atoms with E-state index in [4.69, 9.17) is 5.73 Å². The molecule has 2 rings (SSSR count). The van der Waals surface area contributed by atoms with Crippen LogP contribution in [0.3, 0.4) is 0 Å². The zero-order valence-corrected chi connectivity index (χ0v) is 11.7. The van der Waals surface area contributed by atoms with Crippen molar-refractivity contribution < 1.29 is 4.39 Å². The van der Waals surface area contributed by atoms with Gasteiger partial charge in [-0.15, -0.1) is 0 Å². The average Bonchev–Trinajstić information content (AvgIpc) is 2.32. The molecule has 2 N–H and O–H groups in total. The molecule has 18 heavy (non-hydrogen) atoms. The molecule has 0 saturated heterocycles. The summed E-state index contributed by atoms with van der Waals surface area (Å²) < 4.78 is 14.8. The molecule has 0 aliphatic carbocycles. The van der Waals surface area contributed by atoms with Crippen molar-refractivity contribution in [1.29, 1.82) is 0 Å². The molecule has 0 radical (unpaired) electrons. The van der Waals surface area contributed by atoms with Gasteiger partial charge in [0.05, 0.1) is 0 Å². The summed E-state index contributed by atoms with van der Waals surface area (Å²) in [7, 11) is 0. The summed E-state index contributed by atoms with van der Waals surface area (Å²) >= 11 is 3.38. The minimum Gasteiger partial charge on any atom is -0.324 e. The van der Waals surface area contributed by atoms with E-state index in [9.17, 15) is 4.39 Å². The zero-order valence-electron chi connectivity index (χ0n) is 10.2. The highest BCUT2D eigenvalue weighted by molar-refractivity contribution is 9.10. The maximum absolute atomic E-state index is 13.8. The first-order chi connectivity index (χ1) is 8.56. The molecule has 0 aliphatic rings. The molecule has 3 heteroatoms. The molecule has 2 aromatic rings. The van der Waals surface area contributed by atoms with Crippen LogP contribution in [0.4, 0.5) is 4.39 Å². The fourth-order valence-corrected chi connectivity index (χ4v) is 2.18. The molecule has 0 saturated carbocycles. The smallest absolute Gasteiger partial charge is 0.128 e. The van der Waals surface area contributed by atoms with Crippen LogP contribution in [0.5, 0.6) is 0 Å². The number of benzene rings is 2. The van der Waals surface area contributed by atoms with Crippen molar-refractivity contribution in [2.24, 2.45) is 5.73 Å². The van der Waals surface area contributed by atoms with Gasteiger partial charge in [-0.1, -0.05) is 40.2 Å². The third-order valence-corrected chi connectivity index (χ3v) is 3.45. The molecule has 0 fully saturated rings. The molecule has 0 spiro atoms. The normalized spacial score (nSPS) is 12.4. The monoisotopic (exact) mass is 307 g/mol. The van der Waals surface area contributed by atoms with Gasteiger partial charge in [0, 0.05) is 16.1 Å². The highest BCUT2D eigenvalue weighted by Crippen LogP contribution is 2.21. The summed E-state index contributed by atoms with van der Waals surface area (Å²) in [5.74, 6) is -0.223. The summed E-state index contributed by atoms with van der Waals surface area (Å²) in [5.41, 5.74) is 8.65. The largest absolute Gasteiger partial charge is 0.324 e. The number of halogens is 2. The van der Waals surface area contributed by atoms with Crippen molar-refractivity contribution in [1.82, 2.24) is 0 Å². The van der Waals surface area contributed by atoms with E-state index in [2.05, 4.69) is 15.9 Å². The fraction of sp³-hybridized carbons (Fsp3) is 0.200. The Kier molecular flexibility index (Phi) is 4.15. The Labute approximate surface area is 115 Å². The van der Waals surface area contributed by atoms with Gasteiger partial charge >= 0.3 is 0 Å². The molecular weight excluding hydrogens is 293 g/mol. The van der Waals surface area contributed by atoms with Crippen LogP contribution in [0.15, 0.2) is 46.9 Å². The molecule has 94 valence electrons. The number of aryl methyl sites for hydroxylation is 1. The maximum Gasteiger partial charge on any atom is 0.128 e. The highest BCUT2D eigenvalue weighted by atomic mass is 79.9. The van der Waals surface area contributed by atoms with Crippen LogP contribution >= 0.6 is 15.9 Å². The van der Waals surface area contributed by atoms with Crippen LogP contribution in [0, 0.1) is 12.7 Å². The van der Waals surface area contributed by atoms with Gasteiger partial charge in [0.25, 0.3) is 0 Å². The van der Waals surface area contributed by atoms with Gasteiger partial charge < -0.3 is 5.73 Å². The predicted molar refractivity (Wildman–Crippen MR) is 75.9 cm³/mol. The van der Waals surface area contributed by atoms with Gasteiger partial charge in [-0.25, -0.2) is 4.39 Å². The van der Waals surface area contributed by atoms with E-state index in [1.165, 1.54) is 6.07 Å². The van der Waals surface area contributed by atoms with Crippen LogP contribution in [0.2, 0.25) is 0 Å². The van der Waals surface area contributed by atoms with E-state index in [0.29, 0.717) is 12.0 Å². The van der Waals surface area contributed by atoms with Gasteiger partial charge in [0.2, 0.25) is 0 Å². The van der Waals surface area contributed by atoms with Crippen LogP contribution in [0.1, 0.15) is 22.7 Å². The molecule has 2 aromatic carbocycles. The molecule has 1 unspecified atom stereocenters. The number of rotatable bonds is 3. The van der Waals surface area contributed by atoms with Crippen molar-refractivity contribution >= 4 is 15.9 Å². The zero-order chi connectivity index (χ0) is 13.1. The lowest BCUT2D eigenvalue weighted by Gasteiger charge is -2.13. The van der Waals surface area contributed by atoms with Crippen LogP contribution < -0.4 is 5.73 Å². The number of hydrogen-bond donors (Lipinski definition) is 1. The first kappa shape index (κ1) is 13.2. The third kappa shape index (κ3) is 3.18. The number of nitrogens with two attached hydrogens (primary N) is 1. The average molecular weight is 308 g/mol.